The van der Waals surface area contributed by atoms with Gasteiger partial charge >= 0.3 is 0 Å². The van der Waals surface area contributed by atoms with Gasteiger partial charge in [0.1, 0.15) is 16.7 Å². The summed E-state index contributed by atoms with van der Waals surface area (Å²) in [5.74, 6) is -0.356. The van der Waals surface area contributed by atoms with Crippen LogP contribution in [0, 0.1) is 5.82 Å². The fourth-order valence-electron chi connectivity index (χ4n) is 2.51. The minimum Gasteiger partial charge on any atom is -0.368 e. The Hall–Kier alpha value is -2.14. The highest BCUT2D eigenvalue weighted by molar-refractivity contribution is 6.29. The lowest BCUT2D eigenvalue weighted by Crippen LogP contribution is -2.49. The second kappa shape index (κ2) is 6.32. The van der Waals surface area contributed by atoms with E-state index in [9.17, 15) is 9.18 Å². The SMILES string of the molecule is O=C(c1cccc(Cl)n1)N1CCN(c2ccc(F)cc2)CC1. The van der Waals surface area contributed by atoms with Crippen molar-refractivity contribution in [3.05, 3.63) is 59.1 Å². The average molecular weight is 320 g/mol. The van der Waals surface area contributed by atoms with Crippen molar-refractivity contribution in [2.75, 3.05) is 31.1 Å². The molecule has 6 heteroatoms. The van der Waals surface area contributed by atoms with E-state index in [0.29, 0.717) is 37.0 Å². The van der Waals surface area contributed by atoms with Crippen LogP contribution in [0.3, 0.4) is 0 Å². The van der Waals surface area contributed by atoms with Crippen LogP contribution in [0.2, 0.25) is 5.15 Å². The first-order valence-electron chi connectivity index (χ1n) is 7.06. The summed E-state index contributed by atoms with van der Waals surface area (Å²) in [6.45, 7) is 2.62. The van der Waals surface area contributed by atoms with Crippen molar-refractivity contribution in [3.8, 4) is 0 Å². The van der Waals surface area contributed by atoms with Gasteiger partial charge in [0.05, 0.1) is 0 Å². The lowest BCUT2D eigenvalue weighted by atomic mass is 10.2. The van der Waals surface area contributed by atoms with Gasteiger partial charge in [-0.25, -0.2) is 9.37 Å². The number of carbonyl (C=O) groups excluding carboxylic acids is 1. The fourth-order valence-corrected chi connectivity index (χ4v) is 2.67. The lowest BCUT2D eigenvalue weighted by Gasteiger charge is -2.36. The van der Waals surface area contributed by atoms with Gasteiger partial charge in [-0.15, -0.1) is 0 Å². The summed E-state index contributed by atoms with van der Waals surface area (Å²) < 4.78 is 13.0. The Morgan fingerprint density at radius 3 is 2.36 bits per heavy atom. The number of nitrogens with zero attached hydrogens (tertiary/aromatic N) is 3. The Morgan fingerprint density at radius 2 is 1.73 bits per heavy atom. The molecule has 1 amide bonds. The molecule has 2 heterocycles. The van der Waals surface area contributed by atoms with Crippen LogP contribution in [-0.2, 0) is 0 Å². The number of hydrogen-bond acceptors (Lipinski definition) is 3. The molecule has 0 bridgehead atoms. The Balaban J connectivity index is 1.64. The van der Waals surface area contributed by atoms with Gasteiger partial charge in [-0.05, 0) is 36.4 Å². The number of carbonyl (C=O) groups is 1. The van der Waals surface area contributed by atoms with Crippen LogP contribution in [0.4, 0.5) is 10.1 Å². The van der Waals surface area contributed by atoms with Gasteiger partial charge in [-0.3, -0.25) is 4.79 Å². The quantitative estimate of drug-likeness (QED) is 0.799. The summed E-state index contributed by atoms with van der Waals surface area (Å²) in [6, 6.07) is 11.4. The van der Waals surface area contributed by atoms with Crippen molar-refractivity contribution in [1.82, 2.24) is 9.88 Å². The molecule has 1 aromatic heterocycles. The molecule has 0 unspecified atom stereocenters. The normalized spacial score (nSPS) is 15.0. The van der Waals surface area contributed by atoms with Crippen LogP contribution in [0.1, 0.15) is 10.5 Å². The molecular formula is C16H15ClFN3O. The van der Waals surface area contributed by atoms with Crippen molar-refractivity contribution in [1.29, 1.82) is 0 Å². The summed E-state index contributed by atoms with van der Waals surface area (Å²) in [7, 11) is 0. The van der Waals surface area contributed by atoms with Crippen molar-refractivity contribution < 1.29 is 9.18 Å². The highest BCUT2D eigenvalue weighted by Gasteiger charge is 2.23. The Bertz CT molecular complexity index is 669. The van der Waals surface area contributed by atoms with Gasteiger partial charge in [-0.1, -0.05) is 17.7 Å². The zero-order valence-corrected chi connectivity index (χ0v) is 12.6. The van der Waals surface area contributed by atoms with E-state index in [0.717, 1.165) is 5.69 Å². The predicted octanol–water partition coefficient (Wildman–Crippen LogP) is 2.84. The molecule has 1 aliphatic heterocycles. The van der Waals surface area contributed by atoms with E-state index in [-0.39, 0.29) is 11.7 Å². The summed E-state index contributed by atoms with van der Waals surface area (Å²) in [6.07, 6.45) is 0. The average Bonchev–Trinajstić information content (AvgIpc) is 2.55. The number of aromatic nitrogens is 1. The maximum atomic E-state index is 13.0. The fraction of sp³-hybridized carbons (Fsp3) is 0.250. The number of amides is 1. The molecule has 0 saturated carbocycles. The minimum absolute atomic E-state index is 0.110. The first-order chi connectivity index (χ1) is 10.6. The van der Waals surface area contributed by atoms with E-state index >= 15 is 0 Å². The molecule has 1 aliphatic rings. The van der Waals surface area contributed by atoms with Crippen LogP contribution in [-0.4, -0.2) is 42.0 Å². The summed E-state index contributed by atoms with van der Waals surface area (Å²) in [5.41, 5.74) is 1.33. The van der Waals surface area contributed by atoms with E-state index in [1.807, 2.05) is 0 Å². The molecule has 114 valence electrons. The number of halogens is 2. The molecule has 0 atom stereocenters. The third kappa shape index (κ3) is 3.20. The number of hydrogen-bond donors (Lipinski definition) is 0. The zero-order chi connectivity index (χ0) is 15.5. The lowest BCUT2D eigenvalue weighted by molar-refractivity contribution is 0.0741. The first-order valence-corrected chi connectivity index (χ1v) is 7.43. The number of anilines is 1. The molecular weight excluding hydrogens is 305 g/mol. The van der Waals surface area contributed by atoms with Gasteiger partial charge in [0.15, 0.2) is 0 Å². The topological polar surface area (TPSA) is 36.4 Å². The van der Waals surface area contributed by atoms with Crippen LogP contribution < -0.4 is 4.90 Å². The molecule has 1 fully saturated rings. The molecule has 4 nitrogen and oxygen atoms in total. The summed E-state index contributed by atoms with van der Waals surface area (Å²) in [5, 5.41) is 0.316. The van der Waals surface area contributed by atoms with Crippen molar-refractivity contribution >= 4 is 23.2 Å². The molecule has 1 aromatic carbocycles. The molecule has 22 heavy (non-hydrogen) atoms. The Morgan fingerprint density at radius 1 is 1.05 bits per heavy atom. The Kier molecular flexibility index (Phi) is 4.24. The largest absolute Gasteiger partial charge is 0.368 e. The van der Waals surface area contributed by atoms with Crippen molar-refractivity contribution in [2.45, 2.75) is 0 Å². The predicted molar refractivity (Wildman–Crippen MR) is 83.8 cm³/mol. The van der Waals surface area contributed by atoms with Crippen LogP contribution >= 0.6 is 11.6 Å². The maximum absolute atomic E-state index is 13.0. The monoisotopic (exact) mass is 319 g/mol. The highest BCUT2D eigenvalue weighted by Crippen LogP contribution is 2.18. The minimum atomic E-state index is -0.246. The first kappa shape index (κ1) is 14.8. The summed E-state index contributed by atoms with van der Waals surface area (Å²) in [4.78, 5) is 20.3. The van der Waals surface area contributed by atoms with Gasteiger partial charge in [0.2, 0.25) is 0 Å². The third-order valence-electron chi connectivity index (χ3n) is 3.69. The standard InChI is InChI=1S/C16H15ClFN3O/c17-15-3-1-2-14(19-15)16(22)21-10-8-20(9-11-21)13-6-4-12(18)5-7-13/h1-7H,8-11H2. The number of benzene rings is 1. The van der Waals surface area contributed by atoms with Crippen LogP contribution in [0.25, 0.3) is 0 Å². The molecule has 1 saturated heterocycles. The summed E-state index contributed by atoms with van der Waals surface area (Å²) >= 11 is 5.82. The van der Waals surface area contributed by atoms with Gasteiger partial charge < -0.3 is 9.80 Å². The third-order valence-corrected chi connectivity index (χ3v) is 3.90. The molecule has 2 aromatic rings. The van der Waals surface area contributed by atoms with E-state index in [1.54, 1.807) is 35.2 Å². The highest BCUT2D eigenvalue weighted by atomic mass is 35.5. The molecule has 0 N–H and O–H groups in total. The second-order valence-electron chi connectivity index (χ2n) is 5.10. The van der Waals surface area contributed by atoms with E-state index in [2.05, 4.69) is 9.88 Å². The molecule has 0 spiro atoms. The van der Waals surface area contributed by atoms with Gasteiger partial charge in [-0.2, -0.15) is 0 Å². The number of rotatable bonds is 2. The molecule has 0 radical (unpaired) electrons. The van der Waals surface area contributed by atoms with E-state index in [1.165, 1.54) is 12.1 Å². The number of pyridine rings is 1. The molecule has 3 rings (SSSR count). The van der Waals surface area contributed by atoms with Gasteiger partial charge in [0, 0.05) is 31.9 Å². The van der Waals surface area contributed by atoms with E-state index in [4.69, 9.17) is 11.6 Å². The Labute approximate surface area is 133 Å². The van der Waals surface area contributed by atoms with Crippen LogP contribution in [0.15, 0.2) is 42.5 Å². The zero-order valence-electron chi connectivity index (χ0n) is 11.9. The maximum Gasteiger partial charge on any atom is 0.272 e. The van der Waals surface area contributed by atoms with Gasteiger partial charge in [0.25, 0.3) is 5.91 Å². The van der Waals surface area contributed by atoms with Crippen molar-refractivity contribution in [3.63, 3.8) is 0 Å². The number of piperazine rings is 1. The second-order valence-corrected chi connectivity index (χ2v) is 5.49. The van der Waals surface area contributed by atoms with Crippen molar-refractivity contribution in [2.24, 2.45) is 0 Å². The smallest absolute Gasteiger partial charge is 0.272 e. The molecule has 0 aliphatic carbocycles. The van der Waals surface area contributed by atoms with Crippen LogP contribution in [0.5, 0.6) is 0 Å². The van der Waals surface area contributed by atoms with E-state index < -0.39 is 0 Å².